The van der Waals surface area contributed by atoms with Gasteiger partial charge in [0.15, 0.2) is 0 Å². The fourth-order valence-corrected chi connectivity index (χ4v) is 3.87. The topological polar surface area (TPSA) is 15.3 Å². The van der Waals surface area contributed by atoms with Crippen LogP contribution >= 0.6 is 0 Å². The Hall–Kier alpha value is -1.02. The minimum Gasteiger partial charge on any atom is -0.367 e. The Balaban J connectivity index is 1.94. The standard InChI is InChI=1S/C18H28N2/c1-3-15(2)20-14-18(11-7-4-8-12-18)19-13-16-9-5-6-10-17(16)20/h5-6,9-10,15,19H,3-4,7-8,11-14H2,1-2H3. The van der Waals surface area contributed by atoms with E-state index in [9.17, 15) is 0 Å². The third kappa shape index (κ3) is 2.58. The van der Waals surface area contributed by atoms with Crippen LogP contribution in [-0.4, -0.2) is 18.1 Å². The predicted molar refractivity (Wildman–Crippen MR) is 86.2 cm³/mol. The number of hydrogen-bond donors (Lipinski definition) is 1. The van der Waals surface area contributed by atoms with Crippen molar-refractivity contribution in [2.45, 2.75) is 70.5 Å². The van der Waals surface area contributed by atoms with Crippen LogP contribution in [0.5, 0.6) is 0 Å². The highest BCUT2D eigenvalue weighted by Gasteiger charge is 2.37. The van der Waals surface area contributed by atoms with Gasteiger partial charge in [-0.1, -0.05) is 44.4 Å². The second kappa shape index (κ2) is 5.77. The summed E-state index contributed by atoms with van der Waals surface area (Å²) >= 11 is 0. The molecule has 0 saturated heterocycles. The first kappa shape index (κ1) is 13.9. The lowest BCUT2D eigenvalue weighted by Gasteiger charge is -2.42. The van der Waals surface area contributed by atoms with Gasteiger partial charge in [0.05, 0.1) is 0 Å². The molecule has 1 N–H and O–H groups in total. The van der Waals surface area contributed by atoms with Gasteiger partial charge in [0, 0.05) is 30.4 Å². The molecule has 1 aromatic carbocycles. The molecule has 2 aliphatic rings. The first-order valence-corrected chi connectivity index (χ1v) is 8.34. The maximum absolute atomic E-state index is 3.92. The summed E-state index contributed by atoms with van der Waals surface area (Å²) in [6.07, 6.45) is 8.08. The number of anilines is 1. The maximum atomic E-state index is 3.92. The number of rotatable bonds is 2. The lowest BCUT2D eigenvalue weighted by atomic mass is 9.81. The van der Waals surface area contributed by atoms with E-state index in [4.69, 9.17) is 0 Å². The molecule has 0 radical (unpaired) electrons. The Kier molecular flexibility index (Phi) is 4.02. The van der Waals surface area contributed by atoms with Gasteiger partial charge in [-0.05, 0) is 37.8 Å². The number of para-hydroxylation sites is 1. The average Bonchev–Trinajstić information content (AvgIpc) is 2.66. The Morgan fingerprint density at radius 2 is 1.95 bits per heavy atom. The molecular weight excluding hydrogens is 244 g/mol. The van der Waals surface area contributed by atoms with Crippen LogP contribution in [0, 0.1) is 0 Å². The fourth-order valence-electron chi connectivity index (χ4n) is 3.87. The highest BCUT2D eigenvalue weighted by molar-refractivity contribution is 5.55. The summed E-state index contributed by atoms with van der Waals surface area (Å²) in [7, 11) is 0. The third-order valence-electron chi connectivity index (χ3n) is 5.36. The van der Waals surface area contributed by atoms with Gasteiger partial charge in [0.1, 0.15) is 0 Å². The first-order chi connectivity index (χ1) is 9.74. The average molecular weight is 272 g/mol. The van der Waals surface area contributed by atoms with Crippen molar-refractivity contribution in [3.8, 4) is 0 Å². The zero-order valence-corrected chi connectivity index (χ0v) is 13.0. The summed E-state index contributed by atoms with van der Waals surface area (Å²) in [5.74, 6) is 0. The monoisotopic (exact) mass is 272 g/mol. The van der Waals surface area contributed by atoms with Crippen molar-refractivity contribution in [2.75, 3.05) is 11.4 Å². The number of fused-ring (bicyclic) bond motifs is 1. The van der Waals surface area contributed by atoms with Gasteiger partial charge in [-0.25, -0.2) is 0 Å². The van der Waals surface area contributed by atoms with E-state index in [1.807, 2.05) is 0 Å². The quantitative estimate of drug-likeness (QED) is 0.872. The van der Waals surface area contributed by atoms with Crippen molar-refractivity contribution in [1.82, 2.24) is 5.32 Å². The summed E-state index contributed by atoms with van der Waals surface area (Å²) in [5, 5.41) is 3.92. The van der Waals surface area contributed by atoms with E-state index < -0.39 is 0 Å². The van der Waals surface area contributed by atoms with E-state index >= 15 is 0 Å². The van der Waals surface area contributed by atoms with Crippen molar-refractivity contribution in [1.29, 1.82) is 0 Å². The van der Waals surface area contributed by atoms with Gasteiger partial charge in [-0.2, -0.15) is 0 Å². The second-order valence-corrected chi connectivity index (χ2v) is 6.71. The van der Waals surface area contributed by atoms with Gasteiger partial charge in [0.2, 0.25) is 0 Å². The van der Waals surface area contributed by atoms with E-state index in [0.29, 0.717) is 11.6 Å². The van der Waals surface area contributed by atoms with E-state index in [-0.39, 0.29) is 0 Å². The largest absolute Gasteiger partial charge is 0.367 e. The Morgan fingerprint density at radius 1 is 1.20 bits per heavy atom. The third-order valence-corrected chi connectivity index (χ3v) is 5.36. The number of nitrogens with zero attached hydrogens (tertiary/aromatic N) is 1. The molecule has 1 aliphatic carbocycles. The Labute approximate surface area is 123 Å². The SMILES string of the molecule is CCC(C)N1CC2(CCCCC2)NCc2ccccc21. The molecule has 110 valence electrons. The molecule has 0 amide bonds. The van der Waals surface area contributed by atoms with Gasteiger partial charge in [0.25, 0.3) is 0 Å². The molecule has 1 unspecified atom stereocenters. The molecule has 1 saturated carbocycles. The second-order valence-electron chi connectivity index (χ2n) is 6.71. The summed E-state index contributed by atoms with van der Waals surface area (Å²) < 4.78 is 0. The lowest BCUT2D eigenvalue weighted by molar-refractivity contribution is 0.233. The zero-order chi connectivity index (χ0) is 14.0. The molecule has 1 heterocycles. The van der Waals surface area contributed by atoms with Crippen LogP contribution in [-0.2, 0) is 6.54 Å². The summed E-state index contributed by atoms with van der Waals surface area (Å²) in [4.78, 5) is 2.67. The zero-order valence-electron chi connectivity index (χ0n) is 13.0. The Bertz CT molecular complexity index is 448. The molecule has 3 rings (SSSR count). The van der Waals surface area contributed by atoms with Gasteiger partial charge >= 0.3 is 0 Å². The highest BCUT2D eigenvalue weighted by atomic mass is 15.2. The van der Waals surface area contributed by atoms with Crippen molar-refractivity contribution in [3.63, 3.8) is 0 Å². The van der Waals surface area contributed by atoms with Crippen LogP contribution in [0.2, 0.25) is 0 Å². The molecule has 1 fully saturated rings. The minimum absolute atomic E-state index is 0.348. The summed E-state index contributed by atoms with van der Waals surface area (Å²) in [5.41, 5.74) is 3.27. The fraction of sp³-hybridized carbons (Fsp3) is 0.667. The van der Waals surface area contributed by atoms with Crippen molar-refractivity contribution >= 4 is 5.69 Å². The smallest absolute Gasteiger partial charge is 0.0414 e. The number of benzene rings is 1. The van der Waals surface area contributed by atoms with Crippen LogP contribution in [0.4, 0.5) is 5.69 Å². The van der Waals surface area contributed by atoms with Gasteiger partial charge < -0.3 is 10.2 Å². The molecule has 1 spiro atoms. The van der Waals surface area contributed by atoms with E-state index in [1.165, 1.54) is 56.3 Å². The first-order valence-electron chi connectivity index (χ1n) is 8.34. The van der Waals surface area contributed by atoms with Crippen LogP contribution in [0.15, 0.2) is 24.3 Å². The Morgan fingerprint density at radius 3 is 2.70 bits per heavy atom. The molecule has 2 nitrogen and oxygen atoms in total. The highest BCUT2D eigenvalue weighted by Crippen LogP contribution is 2.35. The number of nitrogens with one attached hydrogen (secondary N) is 1. The van der Waals surface area contributed by atoms with Crippen LogP contribution in [0.1, 0.15) is 57.9 Å². The minimum atomic E-state index is 0.348. The maximum Gasteiger partial charge on any atom is 0.0414 e. The van der Waals surface area contributed by atoms with E-state index in [1.54, 1.807) is 0 Å². The normalized spacial score (nSPS) is 23.2. The molecule has 1 aliphatic heterocycles. The van der Waals surface area contributed by atoms with Crippen LogP contribution in [0.3, 0.4) is 0 Å². The summed E-state index contributed by atoms with van der Waals surface area (Å²) in [6, 6.07) is 9.58. The summed E-state index contributed by atoms with van der Waals surface area (Å²) in [6.45, 7) is 6.89. The molecule has 20 heavy (non-hydrogen) atoms. The molecule has 1 atom stereocenters. The van der Waals surface area contributed by atoms with Gasteiger partial charge in [-0.3, -0.25) is 0 Å². The van der Waals surface area contributed by atoms with Crippen molar-refractivity contribution in [2.24, 2.45) is 0 Å². The molecule has 1 aromatic rings. The van der Waals surface area contributed by atoms with Crippen molar-refractivity contribution < 1.29 is 0 Å². The van der Waals surface area contributed by atoms with Crippen LogP contribution in [0.25, 0.3) is 0 Å². The molecule has 0 aromatic heterocycles. The number of hydrogen-bond acceptors (Lipinski definition) is 2. The predicted octanol–water partition coefficient (Wildman–Crippen LogP) is 4.10. The van der Waals surface area contributed by atoms with Crippen LogP contribution < -0.4 is 10.2 Å². The molecular formula is C18H28N2. The lowest BCUT2D eigenvalue weighted by Crippen LogP contribution is -2.54. The molecule has 0 bridgehead atoms. The van der Waals surface area contributed by atoms with E-state index in [2.05, 4.69) is 48.3 Å². The molecule has 2 heteroatoms. The van der Waals surface area contributed by atoms with Gasteiger partial charge in [-0.15, -0.1) is 0 Å². The van der Waals surface area contributed by atoms with Crippen molar-refractivity contribution in [3.05, 3.63) is 29.8 Å². The van der Waals surface area contributed by atoms with E-state index in [0.717, 1.165) is 6.54 Å².